The van der Waals surface area contributed by atoms with Crippen molar-refractivity contribution in [2.45, 2.75) is 44.6 Å². The largest absolute Gasteiger partial charge is 0.397 e. The number of rotatable bonds is 4. The first-order valence-electron chi connectivity index (χ1n) is 7.14. The van der Waals surface area contributed by atoms with Gasteiger partial charge in [-0.1, -0.05) is 13.3 Å². The lowest BCUT2D eigenvalue weighted by Gasteiger charge is -2.36. The molecule has 0 heterocycles. The summed E-state index contributed by atoms with van der Waals surface area (Å²) in [5.74, 6) is 0.369. The summed E-state index contributed by atoms with van der Waals surface area (Å²) in [4.78, 5) is 0. The van der Waals surface area contributed by atoms with Crippen LogP contribution in [0, 0.1) is 11.7 Å². The minimum Gasteiger partial charge on any atom is -0.397 e. The summed E-state index contributed by atoms with van der Waals surface area (Å²) in [5, 5.41) is 13.6. The van der Waals surface area contributed by atoms with Gasteiger partial charge in [0, 0.05) is 12.6 Å². The van der Waals surface area contributed by atoms with Crippen molar-refractivity contribution in [2.24, 2.45) is 5.92 Å². The molecule has 1 aromatic rings. The molecule has 1 aliphatic rings. The molecule has 2 rings (SSSR count). The smallest absolute Gasteiger partial charge is 0.139 e. The lowest BCUT2D eigenvalue weighted by molar-refractivity contribution is 0.00230. The second-order valence-corrected chi connectivity index (χ2v) is 6.64. The van der Waals surface area contributed by atoms with Gasteiger partial charge >= 0.3 is 0 Å². The van der Waals surface area contributed by atoms with E-state index in [0.29, 0.717) is 22.4 Å². The average Bonchev–Trinajstić information content (AvgIpc) is 2.42. The predicted octanol–water partition coefficient (Wildman–Crippen LogP) is 3.91. The van der Waals surface area contributed by atoms with Crippen LogP contribution in [0.3, 0.4) is 0 Å². The molecule has 0 radical (unpaired) electrons. The van der Waals surface area contributed by atoms with Crippen LogP contribution >= 0.6 is 15.9 Å². The Hall–Kier alpha value is -0.810. The highest BCUT2D eigenvalue weighted by molar-refractivity contribution is 9.10. The second-order valence-electron chi connectivity index (χ2n) is 5.78. The van der Waals surface area contributed by atoms with Gasteiger partial charge in [-0.3, -0.25) is 0 Å². The third-order valence-corrected chi connectivity index (χ3v) is 4.92. The summed E-state index contributed by atoms with van der Waals surface area (Å²) >= 11 is 3.10. The van der Waals surface area contributed by atoms with Gasteiger partial charge in [0.1, 0.15) is 5.82 Å². The number of anilines is 2. The van der Waals surface area contributed by atoms with Crippen molar-refractivity contribution in [1.82, 2.24) is 0 Å². The van der Waals surface area contributed by atoms with Gasteiger partial charge in [-0.15, -0.1) is 0 Å². The molecule has 20 heavy (non-hydrogen) atoms. The van der Waals surface area contributed by atoms with Gasteiger partial charge in [0.2, 0.25) is 0 Å². The van der Waals surface area contributed by atoms with Gasteiger partial charge in [-0.05, 0) is 53.6 Å². The summed E-state index contributed by atoms with van der Waals surface area (Å²) in [7, 11) is 0. The fourth-order valence-corrected chi connectivity index (χ4v) is 3.14. The van der Waals surface area contributed by atoms with E-state index in [1.54, 1.807) is 0 Å². The van der Waals surface area contributed by atoms with Gasteiger partial charge in [-0.25, -0.2) is 4.39 Å². The SMILES string of the molecule is CCC1CCC(O)(CNc2cc(F)c(Br)cc2N)CC1. The molecule has 0 saturated heterocycles. The zero-order chi connectivity index (χ0) is 14.8. The Morgan fingerprint density at radius 2 is 2.10 bits per heavy atom. The standard InChI is InChI=1S/C15H22BrFN2O/c1-2-10-3-5-15(20,6-4-10)9-19-14-8-12(17)11(16)7-13(14)18/h7-8,10,19-20H,2-6,9,18H2,1H3. The molecule has 0 bridgehead atoms. The Balaban J connectivity index is 1.97. The summed E-state index contributed by atoms with van der Waals surface area (Å²) in [6.45, 7) is 2.60. The molecule has 4 N–H and O–H groups in total. The van der Waals surface area contributed by atoms with Crippen LogP contribution in [0.25, 0.3) is 0 Å². The highest BCUT2D eigenvalue weighted by Crippen LogP contribution is 2.34. The van der Waals surface area contributed by atoms with Crippen LogP contribution in [0.5, 0.6) is 0 Å². The van der Waals surface area contributed by atoms with Crippen LogP contribution in [-0.2, 0) is 0 Å². The van der Waals surface area contributed by atoms with E-state index in [4.69, 9.17) is 5.73 Å². The monoisotopic (exact) mass is 344 g/mol. The molecule has 1 aliphatic carbocycles. The Morgan fingerprint density at radius 1 is 1.45 bits per heavy atom. The minimum atomic E-state index is -0.707. The van der Waals surface area contributed by atoms with Gasteiger partial charge in [0.15, 0.2) is 0 Å². The van der Waals surface area contributed by atoms with Crippen molar-refractivity contribution < 1.29 is 9.50 Å². The van der Waals surface area contributed by atoms with Gasteiger partial charge in [0.25, 0.3) is 0 Å². The van der Waals surface area contributed by atoms with Crippen LogP contribution in [0.2, 0.25) is 0 Å². The lowest BCUT2D eigenvalue weighted by Crippen LogP contribution is -2.40. The van der Waals surface area contributed by atoms with E-state index in [1.165, 1.54) is 18.6 Å². The molecule has 1 saturated carbocycles. The predicted molar refractivity (Wildman–Crippen MR) is 84.2 cm³/mol. The molecule has 1 fully saturated rings. The maximum Gasteiger partial charge on any atom is 0.139 e. The van der Waals surface area contributed by atoms with E-state index in [0.717, 1.165) is 31.6 Å². The fraction of sp³-hybridized carbons (Fsp3) is 0.600. The van der Waals surface area contributed by atoms with Crippen molar-refractivity contribution >= 4 is 27.3 Å². The number of benzene rings is 1. The van der Waals surface area contributed by atoms with Crippen molar-refractivity contribution in [3.05, 3.63) is 22.4 Å². The zero-order valence-corrected chi connectivity index (χ0v) is 13.3. The van der Waals surface area contributed by atoms with Crippen molar-refractivity contribution in [3.8, 4) is 0 Å². The Morgan fingerprint density at radius 3 is 2.70 bits per heavy atom. The lowest BCUT2D eigenvalue weighted by atomic mass is 9.78. The highest BCUT2D eigenvalue weighted by atomic mass is 79.9. The molecule has 0 amide bonds. The van der Waals surface area contributed by atoms with E-state index in [9.17, 15) is 9.50 Å². The summed E-state index contributed by atoms with van der Waals surface area (Å²) in [6.07, 6.45) is 4.86. The summed E-state index contributed by atoms with van der Waals surface area (Å²) in [5.41, 5.74) is 6.16. The average molecular weight is 345 g/mol. The molecule has 0 aliphatic heterocycles. The Labute approximate surface area is 127 Å². The minimum absolute atomic E-state index is 0.350. The van der Waals surface area contributed by atoms with Crippen LogP contribution in [-0.4, -0.2) is 17.3 Å². The molecule has 0 aromatic heterocycles. The van der Waals surface area contributed by atoms with Crippen molar-refractivity contribution in [2.75, 3.05) is 17.6 Å². The number of nitrogens with two attached hydrogens (primary N) is 1. The van der Waals surface area contributed by atoms with E-state index in [1.807, 2.05) is 0 Å². The van der Waals surface area contributed by atoms with Crippen LogP contribution < -0.4 is 11.1 Å². The Kier molecular flexibility index (Phi) is 4.91. The van der Waals surface area contributed by atoms with Crippen LogP contribution in [0.15, 0.2) is 16.6 Å². The normalized spacial score (nSPS) is 26.5. The zero-order valence-electron chi connectivity index (χ0n) is 11.8. The molecule has 0 unspecified atom stereocenters. The first kappa shape index (κ1) is 15.6. The topological polar surface area (TPSA) is 58.3 Å². The van der Waals surface area contributed by atoms with Crippen molar-refractivity contribution in [3.63, 3.8) is 0 Å². The molecule has 0 atom stereocenters. The number of nitrogens with one attached hydrogen (secondary N) is 1. The van der Waals surface area contributed by atoms with Gasteiger partial charge < -0.3 is 16.2 Å². The third-order valence-electron chi connectivity index (χ3n) is 4.31. The highest BCUT2D eigenvalue weighted by Gasteiger charge is 2.32. The molecule has 0 spiro atoms. The Bertz CT molecular complexity index is 473. The quantitative estimate of drug-likeness (QED) is 0.725. The van der Waals surface area contributed by atoms with E-state index < -0.39 is 5.60 Å². The van der Waals surface area contributed by atoms with Crippen LogP contribution in [0.4, 0.5) is 15.8 Å². The van der Waals surface area contributed by atoms with E-state index >= 15 is 0 Å². The fourth-order valence-electron chi connectivity index (χ4n) is 2.78. The third kappa shape index (κ3) is 3.64. The maximum atomic E-state index is 13.5. The molecule has 1 aromatic carbocycles. The maximum absolute atomic E-state index is 13.5. The number of nitrogen functional groups attached to an aromatic ring is 1. The molecular weight excluding hydrogens is 323 g/mol. The van der Waals surface area contributed by atoms with Gasteiger partial charge in [0.05, 0.1) is 21.4 Å². The number of aliphatic hydroxyl groups is 1. The molecule has 3 nitrogen and oxygen atoms in total. The molecule has 112 valence electrons. The number of hydrogen-bond acceptors (Lipinski definition) is 3. The van der Waals surface area contributed by atoms with E-state index in [2.05, 4.69) is 28.2 Å². The number of hydrogen-bond donors (Lipinski definition) is 3. The number of halogens is 2. The van der Waals surface area contributed by atoms with Crippen molar-refractivity contribution in [1.29, 1.82) is 0 Å². The summed E-state index contributed by atoms with van der Waals surface area (Å²) in [6, 6.07) is 2.90. The first-order valence-corrected chi connectivity index (χ1v) is 7.93. The summed E-state index contributed by atoms with van der Waals surface area (Å²) < 4.78 is 13.9. The first-order chi connectivity index (χ1) is 9.43. The van der Waals surface area contributed by atoms with Crippen LogP contribution in [0.1, 0.15) is 39.0 Å². The molecular formula is C15H22BrFN2O. The van der Waals surface area contributed by atoms with Gasteiger partial charge in [-0.2, -0.15) is 0 Å². The molecule has 5 heteroatoms. The van der Waals surface area contributed by atoms with E-state index in [-0.39, 0.29) is 5.82 Å². The second kappa shape index (κ2) is 6.31.